The first kappa shape index (κ1) is 23.1. The normalized spacial score (nSPS) is 15.4. The third-order valence-electron chi connectivity index (χ3n) is 6.44. The molecule has 2 amide bonds. The highest BCUT2D eigenvalue weighted by atomic mass is 16.2. The maximum atomic E-state index is 13.4. The van der Waals surface area contributed by atoms with Gasteiger partial charge in [0.05, 0.1) is 6.42 Å². The van der Waals surface area contributed by atoms with Gasteiger partial charge in [-0.2, -0.15) is 0 Å². The molecule has 2 aromatic carbocycles. The number of hydrogen-bond acceptors (Lipinski definition) is 2. The molecule has 0 bridgehead atoms. The highest BCUT2D eigenvalue weighted by Crippen LogP contribution is 2.19. The lowest BCUT2D eigenvalue weighted by Crippen LogP contribution is -2.50. The number of hydrogen-bond donors (Lipinski definition) is 1. The van der Waals surface area contributed by atoms with Crippen LogP contribution in [0.3, 0.4) is 0 Å². The minimum Gasteiger partial charge on any atom is -0.352 e. The third kappa shape index (κ3) is 6.43. The van der Waals surface area contributed by atoms with Gasteiger partial charge >= 0.3 is 0 Å². The van der Waals surface area contributed by atoms with Crippen molar-refractivity contribution in [3.05, 3.63) is 70.3 Å². The molecule has 0 saturated heterocycles. The topological polar surface area (TPSA) is 49.4 Å². The lowest BCUT2D eigenvalue weighted by molar-refractivity contribution is -0.140. The van der Waals surface area contributed by atoms with Gasteiger partial charge in [-0.05, 0) is 57.2 Å². The van der Waals surface area contributed by atoms with Crippen molar-refractivity contribution in [2.75, 3.05) is 0 Å². The van der Waals surface area contributed by atoms with Crippen LogP contribution in [-0.2, 0) is 22.6 Å². The van der Waals surface area contributed by atoms with Crippen molar-refractivity contribution in [2.24, 2.45) is 0 Å². The molecule has 1 aliphatic rings. The zero-order valence-electron chi connectivity index (χ0n) is 19.4. The molecule has 166 valence electrons. The van der Waals surface area contributed by atoms with Crippen molar-refractivity contribution >= 4 is 11.8 Å². The smallest absolute Gasteiger partial charge is 0.242 e. The van der Waals surface area contributed by atoms with Crippen LogP contribution in [0.2, 0.25) is 0 Å². The van der Waals surface area contributed by atoms with E-state index in [1.54, 1.807) is 4.90 Å². The number of nitrogens with zero attached hydrogens (tertiary/aromatic N) is 1. The molecule has 0 aromatic heterocycles. The summed E-state index contributed by atoms with van der Waals surface area (Å²) in [7, 11) is 0. The highest BCUT2D eigenvalue weighted by molar-refractivity contribution is 5.88. The molecule has 1 saturated carbocycles. The van der Waals surface area contributed by atoms with Gasteiger partial charge in [-0.25, -0.2) is 0 Å². The predicted octanol–water partition coefficient (Wildman–Crippen LogP) is 5.02. The Hall–Kier alpha value is -2.62. The van der Waals surface area contributed by atoms with E-state index in [1.807, 2.05) is 39.8 Å². The fourth-order valence-corrected chi connectivity index (χ4v) is 4.30. The molecule has 0 spiro atoms. The van der Waals surface area contributed by atoms with Crippen molar-refractivity contribution in [1.82, 2.24) is 10.2 Å². The van der Waals surface area contributed by atoms with Gasteiger partial charge in [-0.3, -0.25) is 9.59 Å². The van der Waals surface area contributed by atoms with Gasteiger partial charge < -0.3 is 10.2 Å². The molecule has 1 atom stereocenters. The molecule has 2 aromatic rings. The number of carbonyl (C=O) groups excluding carboxylic acids is 2. The molecule has 0 unspecified atom stereocenters. The van der Waals surface area contributed by atoms with E-state index in [9.17, 15) is 9.59 Å². The highest BCUT2D eigenvalue weighted by Gasteiger charge is 2.28. The number of aryl methyl sites for hydroxylation is 3. The van der Waals surface area contributed by atoms with Crippen molar-refractivity contribution in [3.8, 4) is 0 Å². The van der Waals surface area contributed by atoms with E-state index in [1.165, 1.54) is 12.0 Å². The Morgan fingerprint density at radius 3 is 2.29 bits per heavy atom. The first-order valence-corrected chi connectivity index (χ1v) is 11.5. The van der Waals surface area contributed by atoms with Crippen molar-refractivity contribution in [2.45, 2.75) is 84.8 Å². The first-order valence-electron chi connectivity index (χ1n) is 11.5. The Morgan fingerprint density at radius 2 is 1.61 bits per heavy atom. The van der Waals surface area contributed by atoms with Gasteiger partial charge in [-0.1, -0.05) is 72.9 Å². The Kier molecular flexibility index (Phi) is 7.89. The average Bonchev–Trinajstić information content (AvgIpc) is 2.76. The lowest BCUT2D eigenvalue weighted by atomic mass is 9.95. The number of rotatable bonds is 7. The van der Waals surface area contributed by atoms with E-state index < -0.39 is 6.04 Å². The fraction of sp³-hybridized carbons (Fsp3) is 0.481. The molecule has 1 N–H and O–H groups in total. The van der Waals surface area contributed by atoms with Gasteiger partial charge in [0.25, 0.3) is 0 Å². The molecule has 3 rings (SSSR count). The van der Waals surface area contributed by atoms with Crippen LogP contribution in [-0.4, -0.2) is 28.8 Å². The molecule has 0 heterocycles. The maximum absolute atomic E-state index is 13.4. The third-order valence-corrected chi connectivity index (χ3v) is 6.44. The molecule has 1 aliphatic carbocycles. The summed E-state index contributed by atoms with van der Waals surface area (Å²) >= 11 is 0. The number of amides is 2. The second-order valence-corrected chi connectivity index (χ2v) is 9.13. The molecule has 4 nitrogen and oxygen atoms in total. The van der Waals surface area contributed by atoms with Crippen LogP contribution in [0.4, 0.5) is 0 Å². The maximum Gasteiger partial charge on any atom is 0.242 e. The SMILES string of the molecule is Cc1ccc(CN(C(=O)Cc2cc(C)ccc2C)[C@@H](C)C(=O)NC2CCCCC2)cc1. The lowest BCUT2D eigenvalue weighted by Gasteiger charge is -2.31. The number of carbonyl (C=O) groups is 2. The molecule has 31 heavy (non-hydrogen) atoms. The van der Waals surface area contributed by atoms with Crippen molar-refractivity contribution in [1.29, 1.82) is 0 Å². The number of benzene rings is 2. The summed E-state index contributed by atoms with van der Waals surface area (Å²) in [5.74, 6) is -0.0612. The van der Waals surface area contributed by atoms with Crippen molar-refractivity contribution in [3.63, 3.8) is 0 Å². The molecule has 0 radical (unpaired) electrons. The van der Waals surface area contributed by atoms with E-state index in [0.29, 0.717) is 13.0 Å². The van der Waals surface area contributed by atoms with E-state index >= 15 is 0 Å². The zero-order valence-corrected chi connectivity index (χ0v) is 19.4. The van der Waals surface area contributed by atoms with E-state index in [-0.39, 0.29) is 17.9 Å². The zero-order chi connectivity index (χ0) is 22.4. The van der Waals surface area contributed by atoms with Crippen LogP contribution < -0.4 is 5.32 Å². The minimum atomic E-state index is -0.513. The van der Waals surface area contributed by atoms with Crippen LogP contribution in [0.5, 0.6) is 0 Å². The summed E-state index contributed by atoms with van der Waals surface area (Å²) in [6.45, 7) is 8.41. The summed E-state index contributed by atoms with van der Waals surface area (Å²) in [6, 6.07) is 14.1. The Balaban J connectivity index is 1.78. The largest absolute Gasteiger partial charge is 0.352 e. The molecule has 1 fully saturated rings. The summed E-state index contributed by atoms with van der Waals surface area (Å²) in [4.78, 5) is 28.2. The Labute approximate surface area is 187 Å². The van der Waals surface area contributed by atoms with Crippen molar-refractivity contribution < 1.29 is 9.59 Å². The van der Waals surface area contributed by atoms with Gasteiger partial charge in [0, 0.05) is 12.6 Å². The minimum absolute atomic E-state index is 0.0134. The first-order chi connectivity index (χ1) is 14.8. The van der Waals surface area contributed by atoms with Gasteiger partial charge in [-0.15, -0.1) is 0 Å². The molecule has 4 heteroatoms. The Bertz CT molecular complexity index is 898. The summed E-state index contributed by atoms with van der Waals surface area (Å²) in [6.07, 6.45) is 5.95. The molecule has 0 aliphatic heterocycles. The second-order valence-electron chi connectivity index (χ2n) is 9.13. The predicted molar refractivity (Wildman–Crippen MR) is 126 cm³/mol. The quantitative estimate of drug-likeness (QED) is 0.684. The van der Waals surface area contributed by atoms with Gasteiger partial charge in [0.1, 0.15) is 6.04 Å². The van der Waals surface area contributed by atoms with Crippen LogP contribution >= 0.6 is 0 Å². The van der Waals surface area contributed by atoms with Gasteiger partial charge in [0.2, 0.25) is 11.8 Å². The molecular formula is C27H36N2O2. The second kappa shape index (κ2) is 10.6. The van der Waals surface area contributed by atoms with Gasteiger partial charge in [0.15, 0.2) is 0 Å². The summed E-state index contributed by atoms with van der Waals surface area (Å²) in [5, 5.41) is 3.20. The monoisotopic (exact) mass is 420 g/mol. The van der Waals surface area contributed by atoms with E-state index in [4.69, 9.17) is 0 Å². The Morgan fingerprint density at radius 1 is 0.968 bits per heavy atom. The standard InChI is InChI=1S/C27H36N2O2/c1-19-11-14-23(15-12-19)18-29(22(4)27(31)28-25-8-6-5-7-9-25)26(30)17-24-16-20(2)10-13-21(24)3/h10-16,22,25H,5-9,17-18H2,1-4H3,(H,28,31)/t22-/m0/s1. The van der Waals surface area contributed by atoms with E-state index in [2.05, 4.69) is 35.6 Å². The molecular weight excluding hydrogens is 384 g/mol. The van der Waals surface area contributed by atoms with Crippen LogP contribution in [0.15, 0.2) is 42.5 Å². The van der Waals surface area contributed by atoms with Crippen LogP contribution in [0.25, 0.3) is 0 Å². The fourth-order valence-electron chi connectivity index (χ4n) is 4.30. The van der Waals surface area contributed by atoms with E-state index in [0.717, 1.165) is 47.9 Å². The number of nitrogens with one attached hydrogen (secondary N) is 1. The van der Waals surface area contributed by atoms with Crippen LogP contribution in [0, 0.1) is 20.8 Å². The van der Waals surface area contributed by atoms with Crippen LogP contribution in [0.1, 0.15) is 66.8 Å². The summed E-state index contributed by atoms with van der Waals surface area (Å²) < 4.78 is 0. The average molecular weight is 421 g/mol. The summed E-state index contributed by atoms with van der Waals surface area (Å²) in [5.41, 5.74) is 5.49.